The van der Waals surface area contributed by atoms with E-state index in [0.29, 0.717) is 5.69 Å². The summed E-state index contributed by atoms with van der Waals surface area (Å²) in [4.78, 5) is 3.78. The molecule has 2 rings (SSSR count). The van der Waals surface area contributed by atoms with Crippen LogP contribution < -0.4 is 0 Å². The minimum atomic E-state index is -4.49. The Morgan fingerprint density at radius 3 is 2.50 bits per heavy atom. The van der Waals surface area contributed by atoms with Gasteiger partial charge >= 0.3 is 6.18 Å². The number of aliphatic hydroxyl groups is 1. The highest BCUT2D eigenvalue weighted by molar-refractivity contribution is 5.35. The number of hydrogen-bond donors (Lipinski definition) is 1. The van der Waals surface area contributed by atoms with Gasteiger partial charge in [-0.1, -0.05) is 18.2 Å². The number of rotatable bonds is 2. The van der Waals surface area contributed by atoms with Crippen molar-refractivity contribution in [2.45, 2.75) is 12.3 Å². The van der Waals surface area contributed by atoms with Crippen LogP contribution in [0.15, 0.2) is 36.8 Å². The van der Waals surface area contributed by atoms with E-state index in [0.717, 1.165) is 6.07 Å². The van der Waals surface area contributed by atoms with Gasteiger partial charge in [0.15, 0.2) is 0 Å². The van der Waals surface area contributed by atoms with Gasteiger partial charge in [0, 0.05) is 7.05 Å². The molecular formula is C12H11F3N2O. The molecule has 0 aliphatic rings. The van der Waals surface area contributed by atoms with Crippen LogP contribution in [0.2, 0.25) is 0 Å². The first-order valence-electron chi connectivity index (χ1n) is 5.21. The van der Waals surface area contributed by atoms with Gasteiger partial charge in [-0.3, -0.25) is 0 Å². The molecule has 1 unspecified atom stereocenters. The normalized spacial score (nSPS) is 13.6. The maximum absolute atomic E-state index is 12.8. The predicted octanol–water partition coefficient (Wildman–Crippen LogP) is 2.52. The molecule has 0 radical (unpaired) electrons. The number of nitrogens with zero attached hydrogens (tertiary/aromatic N) is 2. The molecular weight excluding hydrogens is 245 g/mol. The zero-order chi connectivity index (χ0) is 13.3. The van der Waals surface area contributed by atoms with Gasteiger partial charge < -0.3 is 9.67 Å². The first kappa shape index (κ1) is 12.6. The van der Waals surface area contributed by atoms with Crippen LogP contribution in [-0.4, -0.2) is 14.7 Å². The van der Waals surface area contributed by atoms with Crippen molar-refractivity contribution in [1.82, 2.24) is 9.55 Å². The summed E-state index contributed by atoms with van der Waals surface area (Å²) in [5.41, 5.74) is -0.695. The Morgan fingerprint density at radius 2 is 1.94 bits per heavy atom. The molecule has 1 atom stereocenters. The first-order chi connectivity index (χ1) is 8.41. The molecule has 1 heterocycles. The van der Waals surface area contributed by atoms with Crippen LogP contribution in [0.5, 0.6) is 0 Å². The molecule has 1 aromatic heterocycles. The maximum atomic E-state index is 12.8. The van der Waals surface area contributed by atoms with Crippen LogP contribution in [0, 0.1) is 0 Å². The number of hydrogen-bond acceptors (Lipinski definition) is 2. The van der Waals surface area contributed by atoms with Crippen molar-refractivity contribution in [2.75, 3.05) is 0 Å². The summed E-state index contributed by atoms with van der Waals surface area (Å²) in [5, 5.41) is 10.0. The van der Waals surface area contributed by atoms with Crippen LogP contribution in [-0.2, 0) is 13.2 Å². The van der Waals surface area contributed by atoms with E-state index in [1.165, 1.54) is 35.3 Å². The van der Waals surface area contributed by atoms with Gasteiger partial charge in [0.2, 0.25) is 0 Å². The lowest BCUT2D eigenvalue weighted by atomic mass is 10.00. The van der Waals surface area contributed by atoms with Crippen LogP contribution >= 0.6 is 0 Å². The molecule has 6 heteroatoms. The van der Waals surface area contributed by atoms with Crippen molar-refractivity contribution in [3.05, 3.63) is 53.6 Å². The number of benzene rings is 1. The van der Waals surface area contributed by atoms with E-state index >= 15 is 0 Å². The lowest BCUT2D eigenvalue weighted by Crippen LogP contribution is -2.14. The number of aryl methyl sites for hydroxylation is 1. The Morgan fingerprint density at radius 1 is 1.28 bits per heavy atom. The van der Waals surface area contributed by atoms with E-state index < -0.39 is 17.8 Å². The predicted molar refractivity (Wildman–Crippen MR) is 58.7 cm³/mol. The zero-order valence-electron chi connectivity index (χ0n) is 9.52. The van der Waals surface area contributed by atoms with E-state index in [1.807, 2.05) is 0 Å². The van der Waals surface area contributed by atoms with Crippen LogP contribution in [0.1, 0.15) is 22.9 Å². The second-order valence-corrected chi connectivity index (χ2v) is 3.92. The van der Waals surface area contributed by atoms with Crippen LogP contribution in [0.3, 0.4) is 0 Å². The van der Waals surface area contributed by atoms with E-state index in [1.54, 1.807) is 7.05 Å². The number of halogens is 3. The average molecular weight is 256 g/mol. The highest BCUT2D eigenvalue weighted by Gasteiger charge is 2.35. The molecule has 0 saturated heterocycles. The van der Waals surface area contributed by atoms with Gasteiger partial charge in [-0.05, 0) is 11.6 Å². The lowest BCUT2D eigenvalue weighted by Gasteiger charge is -2.17. The molecule has 18 heavy (non-hydrogen) atoms. The average Bonchev–Trinajstić information content (AvgIpc) is 2.73. The Labute approximate surface area is 102 Å². The summed E-state index contributed by atoms with van der Waals surface area (Å²) >= 11 is 0. The van der Waals surface area contributed by atoms with Gasteiger partial charge in [0.05, 0.1) is 23.8 Å². The minimum absolute atomic E-state index is 0.173. The van der Waals surface area contributed by atoms with Crippen molar-refractivity contribution in [2.24, 2.45) is 7.05 Å². The molecule has 0 bridgehead atoms. The summed E-state index contributed by atoms with van der Waals surface area (Å²) in [5.74, 6) is 0. The van der Waals surface area contributed by atoms with Crippen molar-refractivity contribution >= 4 is 0 Å². The van der Waals surface area contributed by atoms with E-state index in [4.69, 9.17) is 0 Å². The summed E-state index contributed by atoms with van der Waals surface area (Å²) < 4.78 is 39.9. The van der Waals surface area contributed by atoms with E-state index in [-0.39, 0.29) is 5.56 Å². The standard InChI is InChI=1S/C12H11F3N2O/c1-17-7-16-6-10(17)11(18)8-4-2-3-5-9(8)12(13,14)15/h2-7,11,18H,1H3. The Bertz CT molecular complexity index is 548. The smallest absolute Gasteiger partial charge is 0.382 e. The third kappa shape index (κ3) is 2.24. The summed E-state index contributed by atoms with van der Waals surface area (Å²) in [6, 6.07) is 4.97. The Kier molecular flexibility index (Phi) is 3.13. The minimum Gasteiger partial charge on any atom is -0.382 e. The third-order valence-electron chi connectivity index (χ3n) is 2.69. The van der Waals surface area contributed by atoms with E-state index in [9.17, 15) is 18.3 Å². The van der Waals surface area contributed by atoms with Gasteiger partial charge in [0.1, 0.15) is 6.10 Å². The van der Waals surface area contributed by atoms with Gasteiger partial charge in [-0.15, -0.1) is 0 Å². The molecule has 1 aromatic carbocycles. The molecule has 0 amide bonds. The molecule has 0 aliphatic heterocycles. The fourth-order valence-electron chi connectivity index (χ4n) is 1.78. The maximum Gasteiger partial charge on any atom is 0.416 e. The number of aliphatic hydroxyl groups excluding tert-OH is 1. The lowest BCUT2D eigenvalue weighted by molar-refractivity contribution is -0.139. The molecule has 0 aliphatic carbocycles. The SMILES string of the molecule is Cn1cncc1C(O)c1ccccc1C(F)(F)F. The summed E-state index contributed by atoms with van der Waals surface area (Å²) in [6.45, 7) is 0. The van der Waals surface area contributed by atoms with Gasteiger partial charge in [0.25, 0.3) is 0 Å². The van der Waals surface area contributed by atoms with Crippen LogP contribution in [0.4, 0.5) is 13.2 Å². The Hall–Kier alpha value is -1.82. The fraction of sp³-hybridized carbons (Fsp3) is 0.250. The largest absolute Gasteiger partial charge is 0.416 e. The van der Waals surface area contributed by atoms with Crippen molar-refractivity contribution in [1.29, 1.82) is 0 Å². The quantitative estimate of drug-likeness (QED) is 0.896. The van der Waals surface area contributed by atoms with E-state index in [2.05, 4.69) is 4.98 Å². The summed E-state index contributed by atoms with van der Waals surface area (Å²) in [7, 11) is 1.61. The van der Waals surface area contributed by atoms with Gasteiger partial charge in [-0.2, -0.15) is 13.2 Å². The molecule has 2 aromatic rings. The zero-order valence-corrected chi connectivity index (χ0v) is 9.52. The topological polar surface area (TPSA) is 38.0 Å². The second-order valence-electron chi connectivity index (χ2n) is 3.92. The van der Waals surface area contributed by atoms with Crippen molar-refractivity contribution < 1.29 is 18.3 Å². The molecule has 0 fully saturated rings. The second kappa shape index (κ2) is 4.45. The Balaban J connectivity index is 2.49. The summed E-state index contributed by atoms with van der Waals surface area (Å²) in [6.07, 6.45) is -3.07. The molecule has 96 valence electrons. The van der Waals surface area contributed by atoms with Gasteiger partial charge in [-0.25, -0.2) is 4.98 Å². The van der Waals surface area contributed by atoms with Crippen molar-refractivity contribution in [3.63, 3.8) is 0 Å². The molecule has 0 spiro atoms. The molecule has 3 nitrogen and oxygen atoms in total. The number of aromatic nitrogens is 2. The fourth-order valence-corrected chi connectivity index (χ4v) is 1.78. The van der Waals surface area contributed by atoms with Crippen molar-refractivity contribution in [3.8, 4) is 0 Å². The molecule has 1 N–H and O–H groups in total. The molecule has 0 saturated carbocycles. The number of imidazole rings is 1. The van der Waals surface area contributed by atoms with Crippen LogP contribution in [0.25, 0.3) is 0 Å². The number of alkyl halides is 3. The highest BCUT2D eigenvalue weighted by Crippen LogP contribution is 2.36. The first-order valence-corrected chi connectivity index (χ1v) is 5.21. The third-order valence-corrected chi connectivity index (χ3v) is 2.69. The monoisotopic (exact) mass is 256 g/mol. The highest BCUT2D eigenvalue weighted by atomic mass is 19.4.